The third-order valence-electron chi connectivity index (χ3n) is 4.61. The molecule has 6 heteroatoms. The van der Waals surface area contributed by atoms with Crippen molar-refractivity contribution in [2.75, 3.05) is 6.54 Å². The first kappa shape index (κ1) is 15.1. The lowest BCUT2D eigenvalue weighted by Gasteiger charge is -2.22. The Morgan fingerprint density at radius 1 is 1.30 bits per heavy atom. The van der Waals surface area contributed by atoms with Crippen molar-refractivity contribution in [1.29, 1.82) is 10.5 Å². The first-order valence-electron chi connectivity index (χ1n) is 7.61. The lowest BCUT2D eigenvalue weighted by molar-refractivity contribution is -0.131. The number of carbonyl (C=O) groups excluding carboxylic acids is 2. The van der Waals surface area contributed by atoms with E-state index in [4.69, 9.17) is 5.26 Å². The number of urea groups is 1. The molecule has 6 nitrogen and oxygen atoms in total. The van der Waals surface area contributed by atoms with E-state index in [0.29, 0.717) is 12.8 Å². The molecule has 1 spiro atoms. The van der Waals surface area contributed by atoms with E-state index in [1.807, 2.05) is 30.3 Å². The Kier molecular flexibility index (Phi) is 3.75. The zero-order valence-corrected chi connectivity index (χ0v) is 12.6. The van der Waals surface area contributed by atoms with Crippen molar-refractivity contribution in [3.8, 4) is 12.1 Å². The predicted octanol–water partition coefficient (Wildman–Crippen LogP) is 1.82. The molecule has 0 radical (unpaired) electrons. The Morgan fingerprint density at radius 2 is 2.09 bits per heavy atom. The number of nitriles is 2. The topological polar surface area (TPSA) is 97.0 Å². The third-order valence-corrected chi connectivity index (χ3v) is 4.61. The molecule has 1 fully saturated rings. The fourth-order valence-electron chi connectivity index (χ4n) is 3.41. The van der Waals surface area contributed by atoms with Crippen LogP contribution >= 0.6 is 0 Å². The van der Waals surface area contributed by atoms with Crippen molar-refractivity contribution < 1.29 is 9.59 Å². The van der Waals surface area contributed by atoms with Crippen LogP contribution in [0.5, 0.6) is 0 Å². The molecular formula is C17H16N4O2. The maximum atomic E-state index is 12.9. The number of hydrogen-bond acceptors (Lipinski definition) is 4. The molecular weight excluding hydrogens is 292 g/mol. The van der Waals surface area contributed by atoms with Gasteiger partial charge >= 0.3 is 6.03 Å². The molecule has 1 saturated heterocycles. The maximum Gasteiger partial charge on any atom is 0.325 e. The molecule has 0 aromatic heterocycles. The van der Waals surface area contributed by atoms with E-state index >= 15 is 0 Å². The van der Waals surface area contributed by atoms with E-state index < -0.39 is 17.5 Å². The molecule has 1 aromatic carbocycles. The van der Waals surface area contributed by atoms with Crippen molar-refractivity contribution in [2.45, 2.75) is 31.2 Å². The minimum atomic E-state index is -0.983. The van der Waals surface area contributed by atoms with E-state index in [1.54, 1.807) is 0 Å². The van der Waals surface area contributed by atoms with Crippen molar-refractivity contribution in [2.24, 2.45) is 5.92 Å². The van der Waals surface area contributed by atoms with Crippen LogP contribution in [0.3, 0.4) is 0 Å². The van der Waals surface area contributed by atoms with Crippen molar-refractivity contribution in [3.05, 3.63) is 35.4 Å². The second-order valence-electron chi connectivity index (χ2n) is 5.93. The lowest BCUT2D eigenvalue weighted by atomic mass is 9.91. The van der Waals surface area contributed by atoms with Gasteiger partial charge in [0.15, 0.2) is 0 Å². The van der Waals surface area contributed by atoms with Gasteiger partial charge in [-0.25, -0.2) is 4.79 Å². The van der Waals surface area contributed by atoms with Gasteiger partial charge in [0.25, 0.3) is 5.91 Å². The highest BCUT2D eigenvalue weighted by Crippen LogP contribution is 2.41. The van der Waals surface area contributed by atoms with Gasteiger partial charge < -0.3 is 5.32 Å². The number of fused-ring (bicyclic) bond motifs is 2. The summed E-state index contributed by atoms with van der Waals surface area (Å²) in [5.74, 6) is -0.805. The van der Waals surface area contributed by atoms with Gasteiger partial charge in [-0.3, -0.25) is 9.69 Å². The number of amides is 3. The Balaban J connectivity index is 1.85. The molecule has 3 amide bonds. The molecule has 23 heavy (non-hydrogen) atoms. The van der Waals surface area contributed by atoms with Crippen molar-refractivity contribution in [3.63, 3.8) is 0 Å². The zero-order valence-electron chi connectivity index (χ0n) is 12.6. The van der Waals surface area contributed by atoms with Gasteiger partial charge in [0.1, 0.15) is 5.54 Å². The third kappa shape index (κ3) is 2.33. The van der Waals surface area contributed by atoms with Gasteiger partial charge in [-0.1, -0.05) is 24.3 Å². The second kappa shape index (κ2) is 5.73. The monoisotopic (exact) mass is 308 g/mol. The standard InChI is InChI=1S/C17H16N4O2/c18-9-3-4-12(10-19)11-21-15(22)17(20-16(21)23)8-7-13-5-1-2-6-14(13)17/h1-2,5-6,12H,3-4,7-8,11H2,(H,20,23)/t12-,17+/m1/s1. The van der Waals surface area contributed by atoms with E-state index in [1.165, 1.54) is 0 Å². The number of nitrogens with one attached hydrogen (secondary N) is 1. The molecule has 0 bridgehead atoms. The fourth-order valence-corrected chi connectivity index (χ4v) is 3.41. The van der Waals surface area contributed by atoms with E-state index in [0.717, 1.165) is 22.4 Å². The average Bonchev–Trinajstić information content (AvgIpc) is 3.05. The highest BCUT2D eigenvalue weighted by molar-refractivity contribution is 6.08. The normalized spacial score (nSPS) is 23.3. The van der Waals surface area contributed by atoms with Gasteiger partial charge in [-0.05, 0) is 30.4 Å². The summed E-state index contributed by atoms with van der Waals surface area (Å²) >= 11 is 0. The first-order chi connectivity index (χ1) is 11.1. The molecule has 1 N–H and O–H groups in total. The van der Waals surface area contributed by atoms with Crippen LogP contribution < -0.4 is 5.32 Å². The number of benzene rings is 1. The number of nitrogens with zero attached hydrogens (tertiary/aromatic N) is 3. The minimum Gasteiger partial charge on any atom is -0.319 e. The minimum absolute atomic E-state index is 0.0345. The van der Waals surface area contributed by atoms with Crippen LogP contribution in [0.2, 0.25) is 0 Å². The summed E-state index contributed by atoms with van der Waals surface area (Å²) in [6.07, 6.45) is 1.87. The van der Waals surface area contributed by atoms with Crippen molar-refractivity contribution in [1.82, 2.24) is 10.2 Å². The summed E-state index contributed by atoms with van der Waals surface area (Å²) in [5.41, 5.74) is 0.943. The quantitative estimate of drug-likeness (QED) is 0.858. The van der Waals surface area contributed by atoms with Crippen LogP contribution in [0.15, 0.2) is 24.3 Å². The van der Waals surface area contributed by atoms with Gasteiger partial charge in [-0.2, -0.15) is 10.5 Å². The number of aryl methyl sites for hydroxylation is 1. The van der Waals surface area contributed by atoms with E-state index in [9.17, 15) is 14.9 Å². The van der Waals surface area contributed by atoms with Crippen LogP contribution in [-0.4, -0.2) is 23.4 Å². The summed E-state index contributed by atoms with van der Waals surface area (Å²) in [4.78, 5) is 26.3. The number of rotatable bonds is 4. The van der Waals surface area contributed by atoms with Crippen LogP contribution in [0.4, 0.5) is 4.79 Å². The van der Waals surface area contributed by atoms with Crippen LogP contribution in [0.1, 0.15) is 30.4 Å². The predicted molar refractivity (Wildman–Crippen MR) is 80.6 cm³/mol. The molecule has 1 aromatic rings. The molecule has 1 aliphatic carbocycles. The largest absolute Gasteiger partial charge is 0.325 e. The molecule has 1 heterocycles. The molecule has 0 unspecified atom stereocenters. The van der Waals surface area contributed by atoms with Crippen LogP contribution in [0, 0.1) is 28.6 Å². The zero-order chi connectivity index (χ0) is 16.4. The highest BCUT2D eigenvalue weighted by Gasteiger charge is 2.55. The molecule has 2 atom stereocenters. The summed E-state index contributed by atoms with van der Waals surface area (Å²) in [6.45, 7) is 0.0345. The van der Waals surface area contributed by atoms with Crippen LogP contribution in [-0.2, 0) is 16.8 Å². The van der Waals surface area contributed by atoms with E-state index in [2.05, 4.69) is 11.4 Å². The fraction of sp³-hybridized carbons (Fsp3) is 0.412. The molecule has 0 saturated carbocycles. The van der Waals surface area contributed by atoms with Gasteiger partial charge in [-0.15, -0.1) is 0 Å². The summed E-state index contributed by atoms with van der Waals surface area (Å²) in [6, 6.07) is 11.2. The molecule has 116 valence electrons. The Bertz CT molecular complexity index is 746. The Hall–Kier alpha value is -2.86. The Labute approximate surface area is 134 Å². The van der Waals surface area contributed by atoms with Gasteiger partial charge in [0, 0.05) is 13.0 Å². The number of hydrogen-bond donors (Lipinski definition) is 1. The first-order valence-corrected chi connectivity index (χ1v) is 7.61. The Morgan fingerprint density at radius 3 is 2.83 bits per heavy atom. The molecule has 3 rings (SSSR count). The van der Waals surface area contributed by atoms with Crippen molar-refractivity contribution >= 4 is 11.9 Å². The average molecular weight is 308 g/mol. The highest BCUT2D eigenvalue weighted by atomic mass is 16.2. The lowest BCUT2D eigenvalue weighted by Crippen LogP contribution is -2.42. The maximum absolute atomic E-state index is 12.9. The smallest absolute Gasteiger partial charge is 0.319 e. The number of carbonyl (C=O) groups is 2. The second-order valence-corrected chi connectivity index (χ2v) is 5.93. The SMILES string of the molecule is N#CCC[C@H](C#N)CN1C(=O)N[C@]2(CCc3ccccc32)C1=O. The molecule has 1 aliphatic heterocycles. The van der Waals surface area contributed by atoms with Gasteiger partial charge in [0.2, 0.25) is 0 Å². The summed E-state index contributed by atoms with van der Waals surface area (Å²) < 4.78 is 0. The molecule has 2 aliphatic rings. The number of imide groups is 1. The van der Waals surface area contributed by atoms with Crippen LogP contribution in [0.25, 0.3) is 0 Å². The van der Waals surface area contributed by atoms with E-state index in [-0.39, 0.29) is 18.9 Å². The summed E-state index contributed by atoms with van der Waals surface area (Å²) in [7, 11) is 0. The van der Waals surface area contributed by atoms with Gasteiger partial charge in [0.05, 0.1) is 18.1 Å². The summed E-state index contributed by atoms with van der Waals surface area (Å²) in [5, 5.41) is 20.6.